The van der Waals surface area contributed by atoms with Crippen molar-refractivity contribution in [2.45, 2.75) is 12.8 Å². The predicted molar refractivity (Wildman–Crippen MR) is 114 cm³/mol. The maximum absolute atomic E-state index is 5.51. The third kappa shape index (κ3) is 4.80. The molecule has 1 aromatic heterocycles. The van der Waals surface area contributed by atoms with E-state index in [0.717, 1.165) is 75.4 Å². The van der Waals surface area contributed by atoms with Crippen LogP contribution in [-0.4, -0.2) is 80.3 Å². The zero-order valence-electron chi connectivity index (χ0n) is 16.8. The summed E-state index contributed by atoms with van der Waals surface area (Å²) in [5.41, 5.74) is 2.18. The van der Waals surface area contributed by atoms with E-state index in [1.807, 2.05) is 13.1 Å². The quantitative estimate of drug-likeness (QED) is 0.634. The van der Waals surface area contributed by atoms with Crippen LogP contribution in [0.15, 0.2) is 41.4 Å². The van der Waals surface area contributed by atoms with Gasteiger partial charge < -0.3 is 15.0 Å². The molecule has 1 unspecified atom stereocenters. The molecule has 0 radical (unpaired) electrons. The van der Waals surface area contributed by atoms with Gasteiger partial charge in [-0.3, -0.25) is 14.9 Å². The average Bonchev–Trinajstić information content (AvgIpc) is 3.25. The van der Waals surface area contributed by atoms with Gasteiger partial charge in [0.15, 0.2) is 5.96 Å². The molecule has 0 bridgehead atoms. The smallest absolute Gasteiger partial charge is 0.193 e. The summed E-state index contributed by atoms with van der Waals surface area (Å²) in [4.78, 5) is 14.2. The van der Waals surface area contributed by atoms with Gasteiger partial charge in [-0.25, -0.2) is 0 Å². The van der Waals surface area contributed by atoms with E-state index in [4.69, 9.17) is 9.72 Å². The molecular formula is C22H31N5O. The van der Waals surface area contributed by atoms with Gasteiger partial charge in [-0.1, -0.05) is 24.3 Å². The Bertz CT molecular complexity index is 794. The number of nitrogens with zero attached hydrogens (tertiary/aromatic N) is 4. The summed E-state index contributed by atoms with van der Waals surface area (Å²) in [5.74, 6) is 1.73. The number of nitrogens with one attached hydrogen (secondary N) is 1. The van der Waals surface area contributed by atoms with Crippen LogP contribution < -0.4 is 5.32 Å². The van der Waals surface area contributed by atoms with E-state index in [-0.39, 0.29) is 0 Å². The van der Waals surface area contributed by atoms with Crippen LogP contribution in [0.1, 0.15) is 12.1 Å². The van der Waals surface area contributed by atoms with Crippen LogP contribution in [0.25, 0.3) is 10.9 Å². The van der Waals surface area contributed by atoms with E-state index in [1.165, 1.54) is 18.4 Å². The molecular weight excluding hydrogens is 350 g/mol. The monoisotopic (exact) mass is 381 g/mol. The molecule has 28 heavy (non-hydrogen) atoms. The van der Waals surface area contributed by atoms with Crippen LogP contribution in [0.5, 0.6) is 0 Å². The van der Waals surface area contributed by atoms with Gasteiger partial charge in [0.05, 0.1) is 12.1 Å². The van der Waals surface area contributed by atoms with E-state index in [1.54, 1.807) is 0 Å². The summed E-state index contributed by atoms with van der Waals surface area (Å²) in [5, 5.41) is 4.71. The van der Waals surface area contributed by atoms with E-state index in [2.05, 4.69) is 50.4 Å². The zero-order chi connectivity index (χ0) is 19.2. The number of hydrogen-bond donors (Lipinski definition) is 1. The molecule has 1 aromatic carbocycles. The fourth-order valence-corrected chi connectivity index (χ4v) is 4.12. The second kappa shape index (κ2) is 9.34. The third-order valence-corrected chi connectivity index (χ3v) is 5.74. The second-order valence-corrected chi connectivity index (χ2v) is 7.74. The molecule has 2 aliphatic rings. The SMILES string of the molecule is CN=C(NCCc1ccc2ccccc2n1)N1CCN(CC2CCOC2)CC1. The first-order chi connectivity index (χ1) is 13.8. The van der Waals surface area contributed by atoms with Crippen LogP contribution >= 0.6 is 0 Å². The summed E-state index contributed by atoms with van der Waals surface area (Å²) in [7, 11) is 1.87. The second-order valence-electron chi connectivity index (χ2n) is 7.74. The number of piperazine rings is 1. The first-order valence-electron chi connectivity index (χ1n) is 10.4. The molecule has 0 saturated carbocycles. The highest BCUT2D eigenvalue weighted by atomic mass is 16.5. The minimum Gasteiger partial charge on any atom is -0.381 e. The lowest BCUT2D eigenvalue weighted by molar-refractivity contribution is 0.139. The average molecular weight is 382 g/mol. The largest absolute Gasteiger partial charge is 0.381 e. The Morgan fingerprint density at radius 1 is 1.18 bits per heavy atom. The Morgan fingerprint density at radius 2 is 2.04 bits per heavy atom. The number of benzene rings is 1. The third-order valence-electron chi connectivity index (χ3n) is 5.74. The Kier molecular flexibility index (Phi) is 6.39. The highest BCUT2D eigenvalue weighted by Gasteiger charge is 2.23. The number of hydrogen-bond acceptors (Lipinski definition) is 4. The molecule has 1 N–H and O–H groups in total. The Labute approximate surface area is 167 Å². The molecule has 3 heterocycles. The van der Waals surface area contributed by atoms with Crippen LogP contribution in [-0.2, 0) is 11.2 Å². The zero-order valence-corrected chi connectivity index (χ0v) is 16.8. The summed E-state index contributed by atoms with van der Waals surface area (Å²) in [6, 6.07) is 12.5. The molecule has 2 saturated heterocycles. The first-order valence-corrected chi connectivity index (χ1v) is 10.4. The van der Waals surface area contributed by atoms with Gasteiger partial charge in [-0.05, 0) is 24.5 Å². The lowest BCUT2D eigenvalue weighted by Gasteiger charge is -2.37. The molecule has 6 nitrogen and oxygen atoms in total. The number of aliphatic imine (C=N–C) groups is 1. The molecule has 2 aromatic rings. The number of pyridine rings is 1. The van der Waals surface area contributed by atoms with Crippen molar-refractivity contribution >= 4 is 16.9 Å². The molecule has 0 aliphatic carbocycles. The predicted octanol–water partition coefficient (Wildman–Crippen LogP) is 2.01. The molecule has 0 spiro atoms. The summed E-state index contributed by atoms with van der Waals surface area (Å²) in [6.07, 6.45) is 2.11. The van der Waals surface area contributed by atoms with Crippen molar-refractivity contribution < 1.29 is 4.74 Å². The summed E-state index contributed by atoms with van der Waals surface area (Å²) in [6.45, 7) is 8.15. The van der Waals surface area contributed by atoms with Gasteiger partial charge in [0.2, 0.25) is 0 Å². The number of ether oxygens (including phenoxy) is 1. The van der Waals surface area contributed by atoms with Gasteiger partial charge >= 0.3 is 0 Å². The van der Waals surface area contributed by atoms with Crippen molar-refractivity contribution in [3.63, 3.8) is 0 Å². The lowest BCUT2D eigenvalue weighted by Crippen LogP contribution is -2.53. The standard InChI is InChI=1S/C22H31N5O/c1-23-22(27-13-11-26(12-14-27)16-18-9-15-28-17-18)24-10-8-20-7-6-19-4-2-3-5-21(19)25-20/h2-7,18H,8-17H2,1H3,(H,23,24). The normalized spacial score (nSPS) is 21.4. The maximum Gasteiger partial charge on any atom is 0.193 e. The minimum absolute atomic E-state index is 0.721. The Morgan fingerprint density at radius 3 is 2.82 bits per heavy atom. The van der Waals surface area contributed by atoms with Crippen molar-refractivity contribution in [2.75, 3.05) is 59.5 Å². The van der Waals surface area contributed by atoms with Crippen LogP contribution in [0, 0.1) is 5.92 Å². The van der Waals surface area contributed by atoms with E-state index in [0.29, 0.717) is 0 Å². The molecule has 6 heteroatoms. The van der Waals surface area contributed by atoms with E-state index >= 15 is 0 Å². The summed E-state index contributed by atoms with van der Waals surface area (Å²) >= 11 is 0. The van der Waals surface area contributed by atoms with Crippen molar-refractivity contribution in [3.05, 3.63) is 42.1 Å². The van der Waals surface area contributed by atoms with Gasteiger partial charge in [-0.2, -0.15) is 0 Å². The molecule has 0 amide bonds. The maximum atomic E-state index is 5.51. The fourth-order valence-electron chi connectivity index (χ4n) is 4.12. The van der Waals surface area contributed by atoms with Gasteiger partial charge in [0.1, 0.15) is 0 Å². The number of para-hydroxylation sites is 1. The van der Waals surface area contributed by atoms with Gasteiger partial charge in [-0.15, -0.1) is 0 Å². The Hall–Kier alpha value is -2.18. The van der Waals surface area contributed by atoms with Crippen molar-refractivity contribution in [1.29, 1.82) is 0 Å². The van der Waals surface area contributed by atoms with Crippen LogP contribution in [0.3, 0.4) is 0 Å². The molecule has 2 aliphatic heterocycles. The number of rotatable bonds is 5. The van der Waals surface area contributed by atoms with Crippen LogP contribution in [0.4, 0.5) is 0 Å². The van der Waals surface area contributed by atoms with Crippen molar-refractivity contribution in [2.24, 2.45) is 10.9 Å². The number of fused-ring (bicyclic) bond motifs is 1. The number of aromatic nitrogens is 1. The summed E-state index contributed by atoms with van der Waals surface area (Å²) < 4.78 is 5.51. The fraction of sp³-hybridized carbons (Fsp3) is 0.545. The number of guanidine groups is 1. The van der Waals surface area contributed by atoms with Crippen LogP contribution in [0.2, 0.25) is 0 Å². The molecule has 150 valence electrons. The lowest BCUT2D eigenvalue weighted by atomic mass is 10.1. The highest BCUT2D eigenvalue weighted by molar-refractivity contribution is 5.80. The first kappa shape index (κ1) is 19.2. The molecule has 2 fully saturated rings. The minimum atomic E-state index is 0.721. The van der Waals surface area contributed by atoms with E-state index in [9.17, 15) is 0 Å². The molecule has 4 rings (SSSR count). The van der Waals surface area contributed by atoms with Crippen molar-refractivity contribution in [1.82, 2.24) is 20.1 Å². The van der Waals surface area contributed by atoms with Gasteiger partial charge in [0.25, 0.3) is 0 Å². The molecule has 1 atom stereocenters. The topological polar surface area (TPSA) is 53.0 Å². The Balaban J connectivity index is 1.23. The van der Waals surface area contributed by atoms with E-state index < -0.39 is 0 Å². The highest BCUT2D eigenvalue weighted by Crippen LogP contribution is 2.15. The van der Waals surface area contributed by atoms with Crippen molar-refractivity contribution in [3.8, 4) is 0 Å². The van der Waals surface area contributed by atoms with Gasteiger partial charge in [0, 0.05) is 70.4 Å².